The second-order valence-electron chi connectivity index (χ2n) is 6.72. The third-order valence-electron chi connectivity index (χ3n) is 4.68. The van der Waals surface area contributed by atoms with Gasteiger partial charge in [-0.25, -0.2) is 19.5 Å². The van der Waals surface area contributed by atoms with Crippen molar-refractivity contribution in [2.24, 2.45) is 0 Å². The molecule has 0 aliphatic carbocycles. The minimum absolute atomic E-state index is 0.355. The SMILES string of the molecule is O=P(O)(O)OC[C@@H]1O[C@H](n2cnc3c(NCc4ccccc4)ncnc32)[C@@H](O)[C@@H]1O. The van der Waals surface area contributed by atoms with Gasteiger partial charge in [0.25, 0.3) is 0 Å². The summed E-state index contributed by atoms with van der Waals surface area (Å²) in [5, 5.41) is 23.7. The highest BCUT2D eigenvalue weighted by molar-refractivity contribution is 7.46. The molecule has 4 atom stereocenters. The van der Waals surface area contributed by atoms with Crippen LogP contribution < -0.4 is 5.32 Å². The Kier molecular flexibility index (Phi) is 5.80. The highest BCUT2D eigenvalue weighted by atomic mass is 31.2. The number of aliphatic hydroxyl groups excluding tert-OH is 2. The molecule has 1 fully saturated rings. The van der Waals surface area contributed by atoms with Crippen LogP contribution in [0.5, 0.6) is 0 Å². The first-order valence-corrected chi connectivity index (χ1v) is 10.5. The molecule has 3 heterocycles. The Morgan fingerprint density at radius 2 is 1.90 bits per heavy atom. The van der Waals surface area contributed by atoms with Crippen LogP contribution >= 0.6 is 7.82 Å². The van der Waals surface area contributed by atoms with Crippen molar-refractivity contribution in [3.8, 4) is 0 Å². The van der Waals surface area contributed by atoms with E-state index in [1.165, 1.54) is 17.2 Å². The molecule has 4 rings (SSSR count). The number of hydrogen-bond acceptors (Lipinski definition) is 9. The number of rotatable bonds is 7. The fraction of sp³-hybridized carbons (Fsp3) is 0.353. The van der Waals surface area contributed by atoms with Crippen molar-refractivity contribution in [3.05, 3.63) is 48.5 Å². The summed E-state index contributed by atoms with van der Waals surface area (Å²) in [5.74, 6) is 0.483. The quantitative estimate of drug-likeness (QED) is 0.319. The first kappa shape index (κ1) is 20.8. The van der Waals surface area contributed by atoms with Gasteiger partial charge in [0, 0.05) is 6.54 Å². The van der Waals surface area contributed by atoms with E-state index in [0.29, 0.717) is 23.5 Å². The molecule has 30 heavy (non-hydrogen) atoms. The van der Waals surface area contributed by atoms with Crippen LogP contribution in [-0.2, 0) is 20.4 Å². The standard InChI is InChI=1S/C17H20N5O7P/c23-13-11(7-28-30(25,26)27)29-17(14(13)24)22-9-21-12-15(19-8-20-16(12)22)18-6-10-4-2-1-3-5-10/h1-5,8-9,11,13-14,17,23-24H,6-7H2,(H,18,19,20)(H2,25,26,27)/t11-,13+,14-,17-/m0/s1. The van der Waals surface area contributed by atoms with E-state index < -0.39 is 39.0 Å². The molecule has 13 heteroatoms. The van der Waals surface area contributed by atoms with E-state index in [9.17, 15) is 14.8 Å². The van der Waals surface area contributed by atoms with Gasteiger partial charge in [0.15, 0.2) is 23.2 Å². The summed E-state index contributed by atoms with van der Waals surface area (Å²) in [6.07, 6.45) is -2.31. The van der Waals surface area contributed by atoms with Crippen molar-refractivity contribution in [1.29, 1.82) is 0 Å². The smallest absolute Gasteiger partial charge is 0.387 e. The number of fused-ring (bicyclic) bond motifs is 1. The van der Waals surface area contributed by atoms with E-state index in [4.69, 9.17) is 14.5 Å². The van der Waals surface area contributed by atoms with Crippen molar-refractivity contribution in [2.45, 2.75) is 31.1 Å². The second kappa shape index (κ2) is 8.36. The van der Waals surface area contributed by atoms with Crippen LogP contribution in [-0.4, -0.2) is 64.4 Å². The van der Waals surface area contributed by atoms with Crippen LogP contribution in [0.2, 0.25) is 0 Å². The van der Waals surface area contributed by atoms with Gasteiger partial charge in [0.1, 0.15) is 24.6 Å². The molecule has 1 aliphatic rings. The normalized spacial score (nSPS) is 24.4. The van der Waals surface area contributed by atoms with Gasteiger partial charge < -0.3 is 30.1 Å². The largest absolute Gasteiger partial charge is 0.469 e. The van der Waals surface area contributed by atoms with Crippen molar-refractivity contribution in [2.75, 3.05) is 11.9 Å². The van der Waals surface area contributed by atoms with Crippen LogP contribution in [0.3, 0.4) is 0 Å². The lowest BCUT2D eigenvalue weighted by Crippen LogP contribution is -2.33. The van der Waals surface area contributed by atoms with Crippen molar-refractivity contribution in [1.82, 2.24) is 19.5 Å². The molecule has 3 aromatic rings. The molecule has 0 spiro atoms. The van der Waals surface area contributed by atoms with Crippen LogP contribution in [0.1, 0.15) is 11.8 Å². The maximum atomic E-state index is 10.9. The predicted octanol–water partition coefficient (Wildman–Crippen LogP) is 0.167. The highest BCUT2D eigenvalue weighted by Crippen LogP contribution is 2.38. The highest BCUT2D eigenvalue weighted by Gasteiger charge is 2.45. The minimum atomic E-state index is -4.74. The number of imidazole rings is 1. The number of ether oxygens (including phenoxy) is 1. The van der Waals surface area contributed by atoms with E-state index in [0.717, 1.165) is 5.56 Å². The predicted molar refractivity (Wildman–Crippen MR) is 103 cm³/mol. The molecule has 0 radical (unpaired) electrons. The molecular weight excluding hydrogens is 417 g/mol. The average Bonchev–Trinajstić information content (AvgIpc) is 3.27. The fourth-order valence-electron chi connectivity index (χ4n) is 3.22. The number of anilines is 1. The number of benzene rings is 1. The van der Waals surface area contributed by atoms with Crippen LogP contribution in [0.25, 0.3) is 11.2 Å². The van der Waals surface area contributed by atoms with E-state index >= 15 is 0 Å². The summed E-state index contributed by atoms with van der Waals surface area (Å²) in [6.45, 7) is -0.0760. The van der Waals surface area contributed by atoms with Gasteiger partial charge in [0.05, 0.1) is 12.9 Å². The number of nitrogens with zero attached hydrogens (tertiary/aromatic N) is 4. The first-order valence-electron chi connectivity index (χ1n) is 9.00. The topological polar surface area (TPSA) is 172 Å². The molecular formula is C17H20N5O7P. The number of hydrogen-bond donors (Lipinski definition) is 5. The Balaban J connectivity index is 1.54. The number of phosphoric ester groups is 1. The van der Waals surface area contributed by atoms with Gasteiger partial charge in [0.2, 0.25) is 0 Å². The number of nitrogens with one attached hydrogen (secondary N) is 1. The molecule has 160 valence electrons. The van der Waals surface area contributed by atoms with Gasteiger partial charge in [-0.1, -0.05) is 30.3 Å². The Morgan fingerprint density at radius 1 is 1.13 bits per heavy atom. The van der Waals surface area contributed by atoms with Gasteiger partial charge in [-0.3, -0.25) is 9.09 Å². The van der Waals surface area contributed by atoms with Crippen LogP contribution in [0, 0.1) is 0 Å². The monoisotopic (exact) mass is 437 g/mol. The van der Waals surface area contributed by atoms with Gasteiger partial charge in [-0.05, 0) is 5.56 Å². The molecule has 0 saturated carbocycles. The first-order chi connectivity index (χ1) is 14.3. The summed E-state index contributed by atoms with van der Waals surface area (Å²) in [7, 11) is -4.74. The Labute approximate surface area is 170 Å². The zero-order valence-corrected chi connectivity index (χ0v) is 16.4. The van der Waals surface area contributed by atoms with E-state index in [2.05, 4.69) is 24.8 Å². The Morgan fingerprint density at radius 3 is 2.63 bits per heavy atom. The summed E-state index contributed by atoms with van der Waals surface area (Å²) in [6, 6.07) is 9.71. The van der Waals surface area contributed by atoms with Gasteiger partial charge in [-0.15, -0.1) is 0 Å². The molecule has 5 N–H and O–H groups in total. The lowest BCUT2D eigenvalue weighted by Gasteiger charge is -2.16. The molecule has 1 saturated heterocycles. The Bertz CT molecular complexity index is 1060. The number of aromatic nitrogens is 4. The average molecular weight is 437 g/mol. The second-order valence-corrected chi connectivity index (χ2v) is 7.96. The summed E-state index contributed by atoms with van der Waals surface area (Å²) < 4.78 is 22.3. The maximum Gasteiger partial charge on any atom is 0.469 e. The summed E-state index contributed by atoms with van der Waals surface area (Å²) >= 11 is 0. The van der Waals surface area contributed by atoms with Crippen LogP contribution in [0.4, 0.5) is 5.82 Å². The van der Waals surface area contributed by atoms with Crippen LogP contribution in [0.15, 0.2) is 43.0 Å². The molecule has 2 aromatic heterocycles. The van der Waals surface area contributed by atoms with Crippen molar-refractivity contribution < 1.29 is 33.8 Å². The molecule has 0 unspecified atom stereocenters. The molecule has 1 aromatic carbocycles. The minimum Gasteiger partial charge on any atom is -0.387 e. The Hall–Kier alpha value is -2.44. The van der Waals surface area contributed by atoms with E-state index in [1.54, 1.807) is 0 Å². The van der Waals surface area contributed by atoms with Crippen molar-refractivity contribution >= 4 is 24.8 Å². The third kappa shape index (κ3) is 4.35. The van der Waals surface area contributed by atoms with Gasteiger partial charge in [-0.2, -0.15) is 0 Å². The summed E-state index contributed by atoms with van der Waals surface area (Å²) in [5.41, 5.74) is 1.84. The van der Waals surface area contributed by atoms with Gasteiger partial charge >= 0.3 is 7.82 Å². The third-order valence-corrected chi connectivity index (χ3v) is 5.17. The lowest BCUT2D eigenvalue weighted by atomic mass is 10.1. The number of phosphoric acid groups is 1. The zero-order valence-electron chi connectivity index (χ0n) is 15.5. The summed E-state index contributed by atoms with van der Waals surface area (Å²) in [4.78, 5) is 30.4. The molecule has 12 nitrogen and oxygen atoms in total. The molecule has 0 bridgehead atoms. The molecule has 1 aliphatic heterocycles. The maximum absolute atomic E-state index is 10.9. The molecule has 0 amide bonds. The number of aliphatic hydroxyl groups is 2. The van der Waals surface area contributed by atoms with E-state index in [1.807, 2.05) is 30.3 Å². The lowest BCUT2D eigenvalue weighted by molar-refractivity contribution is -0.0504. The fourth-order valence-corrected chi connectivity index (χ4v) is 3.56. The van der Waals surface area contributed by atoms with Crippen molar-refractivity contribution in [3.63, 3.8) is 0 Å². The van der Waals surface area contributed by atoms with E-state index in [-0.39, 0.29) is 0 Å². The zero-order chi connectivity index (χ0) is 21.3.